The smallest absolute Gasteiger partial charge is 0.0624 e. The maximum Gasteiger partial charge on any atom is 0.0624 e. The standard InChI is InChI=1S/C13H19Cl2N/c1-9(2)7-11(16-3)8-10-5-4-6-12(14)13(10)15/h4-6,9,11,16H,7-8H2,1-3H3. The van der Waals surface area contributed by atoms with E-state index in [-0.39, 0.29) is 0 Å². The molecule has 0 aliphatic rings. The van der Waals surface area contributed by atoms with Crippen molar-refractivity contribution in [3.05, 3.63) is 33.8 Å². The molecular weight excluding hydrogens is 241 g/mol. The minimum atomic E-state index is 0.455. The van der Waals surface area contributed by atoms with Gasteiger partial charge in [0.25, 0.3) is 0 Å². The van der Waals surface area contributed by atoms with Gasteiger partial charge >= 0.3 is 0 Å². The van der Waals surface area contributed by atoms with Crippen molar-refractivity contribution < 1.29 is 0 Å². The molecule has 1 aromatic rings. The molecule has 1 aromatic carbocycles. The van der Waals surface area contributed by atoms with Gasteiger partial charge in [-0.25, -0.2) is 0 Å². The summed E-state index contributed by atoms with van der Waals surface area (Å²) in [6.45, 7) is 4.45. The zero-order chi connectivity index (χ0) is 12.1. The average Bonchev–Trinajstić information content (AvgIpc) is 2.23. The molecule has 0 bridgehead atoms. The van der Waals surface area contributed by atoms with Crippen LogP contribution in [0.15, 0.2) is 18.2 Å². The van der Waals surface area contributed by atoms with Crippen molar-refractivity contribution in [2.45, 2.75) is 32.7 Å². The zero-order valence-electron chi connectivity index (χ0n) is 10.1. The Morgan fingerprint density at radius 3 is 2.50 bits per heavy atom. The number of hydrogen-bond donors (Lipinski definition) is 1. The van der Waals surface area contributed by atoms with E-state index in [9.17, 15) is 0 Å². The van der Waals surface area contributed by atoms with Gasteiger partial charge in [0, 0.05) is 6.04 Å². The number of hydrogen-bond acceptors (Lipinski definition) is 1. The SMILES string of the molecule is CNC(Cc1cccc(Cl)c1Cl)CC(C)C. The van der Waals surface area contributed by atoms with Gasteiger partial charge in [0.15, 0.2) is 0 Å². The molecule has 0 aromatic heterocycles. The molecule has 90 valence electrons. The third-order valence-electron chi connectivity index (χ3n) is 2.66. The summed E-state index contributed by atoms with van der Waals surface area (Å²) in [6.07, 6.45) is 2.06. The summed E-state index contributed by atoms with van der Waals surface area (Å²) in [5.41, 5.74) is 1.12. The Kier molecular flexibility index (Phi) is 5.60. The molecule has 0 aliphatic heterocycles. The molecule has 1 rings (SSSR count). The molecule has 0 spiro atoms. The lowest BCUT2D eigenvalue weighted by Gasteiger charge is -2.19. The summed E-state index contributed by atoms with van der Waals surface area (Å²) >= 11 is 12.2. The Morgan fingerprint density at radius 2 is 1.94 bits per heavy atom. The number of rotatable bonds is 5. The number of halogens is 2. The first kappa shape index (κ1) is 13.8. The lowest BCUT2D eigenvalue weighted by atomic mass is 9.97. The second-order valence-electron chi connectivity index (χ2n) is 4.53. The van der Waals surface area contributed by atoms with Crippen LogP contribution in [-0.2, 0) is 6.42 Å². The van der Waals surface area contributed by atoms with Crippen LogP contribution in [0.3, 0.4) is 0 Å². The Bertz CT molecular complexity index is 337. The fourth-order valence-corrected chi connectivity index (χ4v) is 2.24. The predicted octanol–water partition coefficient (Wildman–Crippen LogP) is 4.17. The Balaban J connectivity index is 2.74. The normalized spacial score (nSPS) is 13.1. The maximum atomic E-state index is 6.17. The van der Waals surface area contributed by atoms with Gasteiger partial charge in [-0.1, -0.05) is 49.2 Å². The van der Waals surface area contributed by atoms with Gasteiger partial charge in [0.2, 0.25) is 0 Å². The van der Waals surface area contributed by atoms with Crippen molar-refractivity contribution in [1.82, 2.24) is 5.32 Å². The fraction of sp³-hybridized carbons (Fsp3) is 0.538. The van der Waals surface area contributed by atoms with Gasteiger partial charge in [0.05, 0.1) is 10.0 Å². The van der Waals surface area contributed by atoms with Crippen LogP contribution in [0.25, 0.3) is 0 Å². The molecular formula is C13H19Cl2N. The first-order chi connectivity index (χ1) is 7.54. The monoisotopic (exact) mass is 259 g/mol. The Morgan fingerprint density at radius 1 is 1.25 bits per heavy atom. The second kappa shape index (κ2) is 6.48. The van der Waals surface area contributed by atoms with Crippen molar-refractivity contribution in [2.75, 3.05) is 7.05 Å². The zero-order valence-corrected chi connectivity index (χ0v) is 11.6. The van der Waals surface area contributed by atoms with E-state index in [1.54, 1.807) is 0 Å². The van der Waals surface area contributed by atoms with Crippen LogP contribution in [-0.4, -0.2) is 13.1 Å². The molecule has 3 heteroatoms. The van der Waals surface area contributed by atoms with Crippen LogP contribution in [0.1, 0.15) is 25.8 Å². The lowest BCUT2D eigenvalue weighted by molar-refractivity contribution is 0.441. The first-order valence-electron chi connectivity index (χ1n) is 5.64. The molecule has 0 heterocycles. The van der Waals surface area contributed by atoms with Crippen LogP contribution in [0.5, 0.6) is 0 Å². The van der Waals surface area contributed by atoms with Crippen LogP contribution < -0.4 is 5.32 Å². The lowest BCUT2D eigenvalue weighted by Crippen LogP contribution is -2.29. The molecule has 1 nitrogen and oxygen atoms in total. The van der Waals surface area contributed by atoms with Gasteiger partial charge in [-0.2, -0.15) is 0 Å². The van der Waals surface area contributed by atoms with Crippen molar-refractivity contribution in [3.8, 4) is 0 Å². The van der Waals surface area contributed by atoms with E-state index < -0.39 is 0 Å². The predicted molar refractivity (Wildman–Crippen MR) is 72.5 cm³/mol. The van der Waals surface area contributed by atoms with Gasteiger partial charge in [-0.05, 0) is 37.4 Å². The van der Waals surface area contributed by atoms with E-state index in [0.717, 1.165) is 18.4 Å². The van der Waals surface area contributed by atoms with Crippen LogP contribution in [0, 0.1) is 5.92 Å². The quantitative estimate of drug-likeness (QED) is 0.837. The van der Waals surface area contributed by atoms with Gasteiger partial charge in [-0.15, -0.1) is 0 Å². The minimum absolute atomic E-state index is 0.455. The Labute approximate surface area is 108 Å². The topological polar surface area (TPSA) is 12.0 Å². The third-order valence-corrected chi connectivity index (χ3v) is 3.52. The third kappa shape index (κ3) is 3.97. The molecule has 0 saturated carbocycles. The molecule has 0 fully saturated rings. The summed E-state index contributed by atoms with van der Waals surface area (Å²) in [6, 6.07) is 6.27. The van der Waals surface area contributed by atoms with Crippen molar-refractivity contribution in [2.24, 2.45) is 5.92 Å². The van der Waals surface area contributed by atoms with Crippen LogP contribution >= 0.6 is 23.2 Å². The van der Waals surface area contributed by atoms with Crippen LogP contribution in [0.2, 0.25) is 10.0 Å². The van der Waals surface area contributed by atoms with Crippen molar-refractivity contribution in [1.29, 1.82) is 0 Å². The van der Waals surface area contributed by atoms with E-state index in [1.807, 2.05) is 25.2 Å². The molecule has 1 atom stereocenters. The molecule has 0 saturated heterocycles. The first-order valence-corrected chi connectivity index (χ1v) is 6.40. The fourth-order valence-electron chi connectivity index (χ4n) is 1.84. The Hall–Kier alpha value is -0.240. The molecule has 0 amide bonds. The number of nitrogens with one attached hydrogen (secondary N) is 1. The largest absolute Gasteiger partial charge is 0.317 e. The van der Waals surface area contributed by atoms with Gasteiger partial charge in [-0.3, -0.25) is 0 Å². The summed E-state index contributed by atoms with van der Waals surface area (Å²) in [4.78, 5) is 0. The van der Waals surface area contributed by atoms with E-state index in [4.69, 9.17) is 23.2 Å². The molecule has 0 aliphatic carbocycles. The highest BCUT2D eigenvalue weighted by molar-refractivity contribution is 6.42. The van der Waals surface area contributed by atoms with Crippen molar-refractivity contribution in [3.63, 3.8) is 0 Å². The molecule has 1 N–H and O–H groups in total. The van der Waals surface area contributed by atoms with E-state index in [2.05, 4.69) is 19.2 Å². The number of benzene rings is 1. The summed E-state index contributed by atoms with van der Waals surface area (Å²) in [7, 11) is 1.99. The number of likely N-dealkylation sites (N-methyl/N-ethyl adjacent to an activating group) is 1. The van der Waals surface area contributed by atoms with Gasteiger partial charge < -0.3 is 5.32 Å². The highest BCUT2D eigenvalue weighted by atomic mass is 35.5. The molecule has 16 heavy (non-hydrogen) atoms. The highest BCUT2D eigenvalue weighted by Crippen LogP contribution is 2.27. The summed E-state index contributed by atoms with van der Waals surface area (Å²) in [5, 5.41) is 4.65. The molecule has 0 radical (unpaired) electrons. The summed E-state index contributed by atoms with van der Waals surface area (Å²) < 4.78 is 0. The minimum Gasteiger partial charge on any atom is -0.317 e. The van der Waals surface area contributed by atoms with Crippen molar-refractivity contribution >= 4 is 23.2 Å². The van der Waals surface area contributed by atoms with E-state index >= 15 is 0 Å². The maximum absolute atomic E-state index is 6.17. The second-order valence-corrected chi connectivity index (χ2v) is 5.32. The van der Waals surface area contributed by atoms with E-state index in [0.29, 0.717) is 22.0 Å². The highest BCUT2D eigenvalue weighted by Gasteiger charge is 2.12. The molecule has 1 unspecified atom stereocenters. The van der Waals surface area contributed by atoms with E-state index in [1.165, 1.54) is 0 Å². The van der Waals surface area contributed by atoms with Crippen LogP contribution in [0.4, 0.5) is 0 Å². The van der Waals surface area contributed by atoms with Gasteiger partial charge in [0.1, 0.15) is 0 Å². The average molecular weight is 260 g/mol. The summed E-state index contributed by atoms with van der Waals surface area (Å²) in [5.74, 6) is 0.676.